The quantitative estimate of drug-likeness (QED) is 0.652. The predicted octanol–water partition coefficient (Wildman–Crippen LogP) is 0.195. The Hall–Kier alpha value is -0.0200. The van der Waals surface area contributed by atoms with Crippen LogP contribution in [0.4, 0.5) is 0 Å². The van der Waals surface area contributed by atoms with Crippen LogP contribution in [-0.4, -0.2) is 24.0 Å². The van der Waals surface area contributed by atoms with E-state index in [4.69, 9.17) is 0 Å². The van der Waals surface area contributed by atoms with Crippen molar-refractivity contribution in [3.8, 4) is 0 Å². The van der Waals surface area contributed by atoms with Crippen molar-refractivity contribution in [2.24, 2.45) is 5.92 Å². The fourth-order valence-electron chi connectivity index (χ4n) is 1.58. The molecule has 3 heteroatoms. The fourth-order valence-corrected chi connectivity index (χ4v) is 2.89. The van der Waals surface area contributed by atoms with Gasteiger partial charge in [0.25, 0.3) is 0 Å². The third-order valence-corrected chi connectivity index (χ3v) is 4.11. The van der Waals surface area contributed by atoms with E-state index in [9.17, 15) is 4.79 Å². The molecule has 0 bridgehead atoms. The van der Waals surface area contributed by atoms with Crippen molar-refractivity contribution >= 4 is 16.9 Å². The minimum Gasteiger partial charge on any atom is -0.316 e. The topological polar surface area (TPSA) is 29.1 Å². The molecule has 0 aliphatic carbocycles. The maximum atomic E-state index is 10.7. The number of nitrogens with one attached hydrogen (secondary N) is 1. The Morgan fingerprint density at radius 2 is 2.55 bits per heavy atom. The Labute approximate surface area is 72.1 Å². The van der Waals surface area contributed by atoms with Crippen molar-refractivity contribution in [1.29, 1.82) is 0 Å². The van der Waals surface area contributed by atoms with Gasteiger partial charge < -0.3 is 5.32 Å². The van der Waals surface area contributed by atoms with E-state index < -0.39 is 0 Å². The summed E-state index contributed by atoms with van der Waals surface area (Å²) in [6, 6.07) is 0. The molecule has 1 aliphatic rings. The summed E-state index contributed by atoms with van der Waals surface area (Å²) in [5, 5.41) is 3.84. The molecule has 1 unspecified atom stereocenters. The molecule has 68 valence electrons. The molecule has 0 amide bonds. The standard InChI is InChI=1S/C8H19NOS/c1-7(10)11-6-8-3-2-4-9-5-8/h8-9H,2-6H2,1H3,11H4. The minimum atomic E-state index is -0.378. The molecule has 0 aromatic rings. The van der Waals surface area contributed by atoms with E-state index in [1.54, 1.807) is 6.92 Å². The van der Waals surface area contributed by atoms with Gasteiger partial charge in [-0.3, -0.25) is 16.6 Å². The second-order valence-corrected chi connectivity index (χ2v) is 5.53. The van der Waals surface area contributed by atoms with Crippen LogP contribution in [0.2, 0.25) is 0 Å². The van der Waals surface area contributed by atoms with E-state index in [0.717, 1.165) is 12.5 Å². The van der Waals surface area contributed by atoms with Crippen LogP contribution in [0, 0.1) is 5.92 Å². The average molecular weight is 177 g/mol. The van der Waals surface area contributed by atoms with Gasteiger partial charge in [0, 0.05) is 6.92 Å². The van der Waals surface area contributed by atoms with Gasteiger partial charge in [-0.1, -0.05) is 0 Å². The zero-order valence-electron chi connectivity index (χ0n) is 7.23. The summed E-state index contributed by atoms with van der Waals surface area (Å²) in [7, 11) is 0. The molecule has 1 fully saturated rings. The third-order valence-electron chi connectivity index (χ3n) is 2.30. The Balaban J connectivity index is 2.09. The lowest BCUT2D eigenvalue weighted by atomic mass is 10.0. The Morgan fingerprint density at radius 1 is 1.73 bits per heavy atom. The predicted molar refractivity (Wildman–Crippen MR) is 54.3 cm³/mol. The van der Waals surface area contributed by atoms with Crippen molar-refractivity contribution in [2.45, 2.75) is 19.8 Å². The molecule has 1 heterocycles. The first kappa shape index (κ1) is 9.07. The van der Waals surface area contributed by atoms with E-state index in [1.807, 2.05) is 0 Å². The second-order valence-electron chi connectivity index (χ2n) is 3.45. The first-order valence-electron chi connectivity index (χ1n) is 4.49. The first-order chi connectivity index (χ1) is 5.29. The summed E-state index contributed by atoms with van der Waals surface area (Å²) < 4.78 is 0. The number of carbonyl (C=O) groups is 1. The highest BCUT2D eigenvalue weighted by Gasteiger charge is 2.11. The summed E-state index contributed by atoms with van der Waals surface area (Å²) in [4.78, 5) is 10.7. The molecular formula is C8H19NOS. The zero-order valence-corrected chi connectivity index (χ0v) is 8.64. The lowest BCUT2D eigenvalue weighted by Crippen LogP contribution is -2.31. The first-order valence-corrected chi connectivity index (χ1v) is 6.20. The average Bonchev–Trinajstić information content (AvgIpc) is 2.03. The van der Waals surface area contributed by atoms with Gasteiger partial charge >= 0.3 is 0 Å². The van der Waals surface area contributed by atoms with Crippen LogP contribution < -0.4 is 5.32 Å². The van der Waals surface area contributed by atoms with Crippen molar-refractivity contribution in [2.75, 3.05) is 18.8 Å². The molecule has 1 rings (SSSR count). The van der Waals surface area contributed by atoms with Gasteiger partial charge in [-0.05, 0) is 37.6 Å². The summed E-state index contributed by atoms with van der Waals surface area (Å²) in [6.45, 7) is 4.07. The molecular weight excluding hydrogens is 158 g/mol. The highest BCUT2D eigenvalue weighted by Crippen LogP contribution is 2.16. The Bertz CT molecular complexity index is 132. The summed E-state index contributed by atoms with van der Waals surface area (Å²) in [5.74, 6) is 2.04. The zero-order chi connectivity index (χ0) is 8.10. The summed E-state index contributed by atoms with van der Waals surface area (Å²) >= 11 is -0.378. The van der Waals surface area contributed by atoms with E-state index in [1.165, 1.54) is 25.1 Å². The highest BCUT2D eigenvalue weighted by atomic mass is 32.2. The number of hydrogen-bond donors (Lipinski definition) is 1. The van der Waals surface area contributed by atoms with Gasteiger partial charge in [0.15, 0.2) is 0 Å². The fraction of sp³-hybridized carbons (Fsp3) is 0.875. The van der Waals surface area contributed by atoms with Gasteiger partial charge in [0.2, 0.25) is 0 Å². The monoisotopic (exact) mass is 177 g/mol. The molecule has 0 radical (unpaired) electrons. The number of rotatable bonds is 2. The van der Waals surface area contributed by atoms with Crippen molar-refractivity contribution < 1.29 is 4.79 Å². The van der Waals surface area contributed by atoms with Crippen LogP contribution in [0.3, 0.4) is 0 Å². The Kier molecular flexibility index (Phi) is 3.94. The molecule has 1 N–H and O–H groups in total. The maximum Gasteiger partial charge on any atom is 0.148 e. The van der Waals surface area contributed by atoms with Gasteiger partial charge in [-0.15, -0.1) is 0 Å². The minimum absolute atomic E-state index is 0.378. The smallest absolute Gasteiger partial charge is 0.148 e. The maximum absolute atomic E-state index is 10.7. The normalized spacial score (nSPS) is 25.4. The lowest BCUT2D eigenvalue weighted by molar-refractivity contribution is -0.109. The highest BCUT2D eigenvalue weighted by molar-refractivity contribution is 8.13. The van der Waals surface area contributed by atoms with Gasteiger partial charge in [0.05, 0.1) is 0 Å². The van der Waals surface area contributed by atoms with Crippen molar-refractivity contribution in [3.63, 3.8) is 0 Å². The van der Waals surface area contributed by atoms with Crippen LogP contribution >= 0.6 is 11.8 Å². The van der Waals surface area contributed by atoms with E-state index in [0.29, 0.717) is 5.12 Å². The molecule has 2 nitrogen and oxygen atoms in total. The van der Waals surface area contributed by atoms with Gasteiger partial charge in [0.1, 0.15) is 5.12 Å². The molecule has 0 aromatic carbocycles. The molecule has 1 saturated heterocycles. The molecule has 0 spiro atoms. The largest absolute Gasteiger partial charge is 0.316 e. The van der Waals surface area contributed by atoms with Crippen molar-refractivity contribution in [3.05, 3.63) is 0 Å². The van der Waals surface area contributed by atoms with E-state index in [2.05, 4.69) is 5.32 Å². The molecule has 1 atom stereocenters. The van der Waals surface area contributed by atoms with Crippen LogP contribution in [-0.2, 0) is 4.79 Å². The molecule has 1 aliphatic heterocycles. The number of piperidine rings is 1. The second kappa shape index (κ2) is 4.78. The van der Waals surface area contributed by atoms with Crippen molar-refractivity contribution in [1.82, 2.24) is 5.32 Å². The van der Waals surface area contributed by atoms with E-state index >= 15 is 0 Å². The van der Waals surface area contributed by atoms with E-state index in [-0.39, 0.29) is 11.8 Å². The number of hydrogen-bond acceptors (Lipinski definition) is 2. The SMILES string of the molecule is CC(=O)[SH4]CC1CCCNC1. The van der Waals surface area contributed by atoms with Gasteiger partial charge in [-0.25, -0.2) is 0 Å². The molecule has 0 saturated carbocycles. The third kappa shape index (κ3) is 3.77. The van der Waals surface area contributed by atoms with Crippen LogP contribution in [0.15, 0.2) is 0 Å². The summed E-state index contributed by atoms with van der Waals surface area (Å²) in [6.07, 6.45) is 2.64. The van der Waals surface area contributed by atoms with Gasteiger partial charge in [-0.2, -0.15) is 0 Å². The molecule has 0 aromatic heterocycles. The van der Waals surface area contributed by atoms with Crippen LogP contribution in [0.5, 0.6) is 0 Å². The lowest BCUT2D eigenvalue weighted by Gasteiger charge is -2.22. The summed E-state index contributed by atoms with van der Waals surface area (Å²) in [5.41, 5.74) is 0. The number of carbonyl (C=O) groups excluding carboxylic acids is 1. The van der Waals surface area contributed by atoms with Crippen LogP contribution in [0.1, 0.15) is 19.8 Å². The van der Waals surface area contributed by atoms with Crippen LogP contribution in [0.25, 0.3) is 0 Å². The molecule has 11 heavy (non-hydrogen) atoms. The Morgan fingerprint density at radius 3 is 3.09 bits per heavy atom.